The first-order valence-corrected chi connectivity index (χ1v) is 2.76. The van der Waals surface area contributed by atoms with Crippen molar-refractivity contribution in [3.63, 3.8) is 0 Å². The lowest BCUT2D eigenvalue weighted by Gasteiger charge is -2.06. The highest BCUT2D eigenvalue weighted by molar-refractivity contribution is 4.58. The van der Waals surface area contributed by atoms with Gasteiger partial charge in [-0.2, -0.15) is 0 Å². The van der Waals surface area contributed by atoms with Crippen LogP contribution < -0.4 is 11.5 Å². The summed E-state index contributed by atoms with van der Waals surface area (Å²) in [6.07, 6.45) is 0.841. The summed E-state index contributed by atoms with van der Waals surface area (Å²) in [5, 5.41) is 0. The molecule has 1 atom stereocenters. The molecule has 4 N–H and O–H groups in total. The lowest BCUT2D eigenvalue weighted by Crippen LogP contribution is -2.28. The van der Waals surface area contributed by atoms with Crippen LogP contribution in [-0.2, 0) is 4.74 Å². The molecule has 0 rings (SSSR count). The van der Waals surface area contributed by atoms with Crippen LogP contribution in [0.15, 0.2) is 0 Å². The van der Waals surface area contributed by atoms with E-state index < -0.39 is 0 Å². The third-order valence-corrected chi connectivity index (χ3v) is 0.918. The summed E-state index contributed by atoms with van der Waals surface area (Å²) in [4.78, 5) is 0. The first-order chi connectivity index (χ1) is 3.81. The molecule has 0 aliphatic rings. The molecule has 0 aromatic heterocycles. The maximum Gasteiger partial charge on any atom is 0.0614 e. The SMILES string of the molecule is COCC(N)CCN. The van der Waals surface area contributed by atoms with Crippen LogP contribution in [0.4, 0.5) is 0 Å². The minimum absolute atomic E-state index is 0.116. The lowest BCUT2D eigenvalue weighted by molar-refractivity contribution is 0.178. The topological polar surface area (TPSA) is 61.3 Å². The zero-order chi connectivity index (χ0) is 6.41. The second-order valence-electron chi connectivity index (χ2n) is 1.79. The fraction of sp³-hybridized carbons (Fsp3) is 1.00. The average Bonchev–Trinajstić information content (AvgIpc) is 1.68. The van der Waals surface area contributed by atoms with Crippen molar-refractivity contribution in [2.24, 2.45) is 11.5 Å². The van der Waals surface area contributed by atoms with E-state index in [1.807, 2.05) is 0 Å². The smallest absolute Gasteiger partial charge is 0.0614 e. The molecule has 0 fully saturated rings. The Morgan fingerprint density at radius 1 is 1.62 bits per heavy atom. The largest absolute Gasteiger partial charge is 0.383 e. The predicted octanol–water partition coefficient (Wildman–Crippen LogP) is -0.691. The van der Waals surface area contributed by atoms with Crippen molar-refractivity contribution in [2.75, 3.05) is 20.3 Å². The van der Waals surface area contributed by atoms with Crippen LogP contribution in [0.5, 0.6) is 0 Å². The van der Waals surface area contributed by atoms with E-state index in [4.69, 9.17) is 16.2 Å². The molecule has 0 aromatic rings. The van der Waals surface area contributed by atoms with Gasteiger partial charge in [-0.3, -0.25) is 0 Å². The Kier molecular flexibility index (Phi) is 4.95. The van der Waals surface area contributed by atoms with Crippen LogP contribution in [-0.4, -0.2) is 26.3 Å². The average molecular weight is 118 g/mol. The molecule has 0 spiro atoms. The van der Waals surface area contributed by atoms with Crippen molar-refractivity contribution in [1.82, 2.24) is 0 Å². The van der Waals surface area contributed by atoms with E-state index in [0.29, 0.717) is 13.2 Å². The van der Waals surface area contributed by atoms with Crippen LogP contribution in [0.3, 0.4) is 0 Å². The quantitative estimate of drug-likeness (QED) is 0.513. The number of ether oxygens (including phenoxy) is 1. The van der Waals surface area contributed by atoms with Crippen molar-refractivity contribution in [3.05, 3.63) is 0 Å². The molecule has 0 saturated carbocycles. The fourth-order valence-electron chi connectivity index (χ4n) is 0.511. The van der Waals surface area contributed by atoms with Crippen molar-refractivity contribution < 1.29 is 4.74 Å². The lowest BCUT2D eigenvalue weighted by atomic mass is 10.2. The molecule has 0 aliphatic heterocycles. The van der Waals surface area contributed by atoms with Gasteiger partial charge in [-0.25, -0.2) is 0 Å². The van der Waals surface area contributed by atoms with Gasteiger partial charge in [0, 0.05) is 13.2 Å². The molecule has 0 aromatic carbocycles. The highest BCUT2D eigenvalue weighted by Gasteiger charge is 1.96. The number of hydrogen-bond donors (Lipinski definition) is 2. The minimum atomic E-state index is 0.116. The van der Waals surface area contributed by atoms with Gasteiger partial charge in [-0.15, -0.1) is 0 Å². The highest BCUT2D eigenvalue weighted by atomic mass is 16.5. The Bertz CT molecular complexity index is 43.7. The van der Waals surface area contributed by atoms with Crippen LogP contribution in [0.1, 0.15) is 6.42 Å². The second kappa shape index (κ2) is 5.03. The Balaban J connectivity index is 2.92. The van der Waals surface area contributed by atoms with Gasteiger partial charge in [0.25, 0.3) is 0 Å². The molecular formula is C5H14N2O. The van der Waals surface area contributed by atoms with Crippen molar-refractivity contribution in [1.29, 1.82) is 0 Å². The zero-order valence-corrected chi connectivity index (χ0v) is 5.26. The summed E-state index contributed by atoms with van der Waals surface area (Å²) in [7, 11) is 1.64. The summed E-state index contributed by atoms with van der Waals surface area (Å²) in [5.41, 5.74) is 10.7. The summed E-state index contributed by atoms with van der Waals surface area (Å²) in [6, 6.07) is 0.116. The normalized spacial score (nSPS) is 13.9. The minimum Gasteiger partial charge on any atom is -0.383 e. The molecule has 8 heavy (non-hydrogen) atoms. The van der Waals surface area contributed by atoms with Gasteiger partial charge in [0.15, 0.2) is 0 Å². The Hall–Kier alpha value is -0.120. The summed E-state index contributed by atoms with van der Waals surface area (Å²) < 4.78 is 4.78. The Morgan fingerprint density at radius 3 is 2.62 bits per heavy atom. The Labute approximate surface area is 50.0 Å². The van der Waals surface area contributed by atoms with Crippen LogP contribution >= 0.6 is 0 Å². The number of methoxy groups -OCH3 is 1. The van der Waals surface area contributed by atoms with Crippen molar-refractivity contribution >= 4 is 0 Å². The monoisotopic (exact) mass is 118 g/mol. The van der Waals surface area contributed by atoms with Crippen molar-refractivity contribution in [2.45, 2.75) is 12.5 Å². The Morgan fingerprint density at radius 2 is 2.25 bits per heavy atom. The van der Waals surface area contributed by atoms with E-state index in [1.54, 1.807) is 7.11 Å². The molecule has 0 radical (unpaired) electrons. The first kappa shape index (κ1) is 7.88. The molecule has 0 aliphatic carbocycles. The zero-order valence-electron chi connectivity index (χ0n) is 5.26. The highest BCUT2D eigenvalue weighted by Crippen LogP contribution is 1.83. The van der Waals surface area contributed by atoms with Gasteiger partial charge in [-0.05, 0) is 13.0 Å². The van der Waals surface area contributed by atoms with Crippen LogP contribution in [0.2, 0.25) is 0 Å². The van der Waals surface area contributed by atoms with E-state index in [9.17, 15) is 0 Å². The second-order valence-corrected chi connectivity index (χ2v) is 1.79. The van der Waals surface area contributed by atoms with E-state index in [0.717, 1.165) is 6.42 Å². The fourth-order valence-corrected chi connectivity index (χ4v) is 0.511. The molecule has 0 bridgehead atoms. The molecular weight excluding hydrogens is 104 g/mol. The standard InChI is InChI=1S/C5H14N2O/c1-8-4-5(7)2-3-6/h5H,2-4,6-7H2,1H3. The van der Waals surface area contributed by atoms with Crippen LogP contribution in [0.25, 0.3) is 0 Å². The van der Waals surface area contributed by atoms with E-state index in [-0.39, 0.29) is 6.04 Å². The van der Waals surface area contributed by atoms with Gasteiger partial charge < -0.3 is 16.2 Å². The van der Waals surface area contributed by atoms with Gasteiger partial charge in [0.2, 0.25) is 0 Å². The van der Waals surface area contributed by atoms with Gasteiger partial charge in [-0.1, -0.05) is 0 Å². The molecule has 0 amide bonds. The summed E-state index contributed by atoms with van der Waals surface area (Å²) in [5.74, 6) is 0. The van der Waals surface area contributed by atoms with E-state index in [1.165, 1.54) is 0 Å². The molecule has 3 heteroatoms. The third kappa shape index (κ3) is 4.05. The molecule has 1 unspecified atom stereocenters. The number of hydrogen-bond acceptors (Lipinski definition) is 3. The molecule has 0 saturated heterocycles. The molecule has 50 valence electrons. The third-order valence-electron chi connectivity index (χ3n) is 0.918. The number of nitrogens with two attached hydrogens (primary N) is 2. The van der Waals surface area contributed by atoms with E-state index >= 15 is 0 Å². The van der Waals surface area contributed by atoms with Crippen molar-refractivity contribution in [3.8, 4) is 0 Å². The van der Waals surface area contributed by atoms with Crippen LogP contribution in [0, 0.1) is 0 Å². The van der Waals surface area contributed by atoms with E-state index in [2.05, 4.69) is 0 Å². The van der Waals surface area contributed by atoms with Gasteiger partial charge in [0.05, 0.1) is 6.61 Å². The molecule has 0 heterocycles. The summed E-state index contributed by atoms with van der Waals surface area (Å²) in [6.45, 7) is 1.25. The maximum atomic E-state index is 5.49. The molecule has 3 nitrogen and oxygen atoms in total. The van der Waals surface area contributed by atoms with Gasteiger partial charge >= 0.3 is 0 Å². The predicted molar refractivity (Wildman–Crippen MR) is 33.5 cm³/mol. The first-order valence-electron chi connectivity index (χ1n) is 2.76. The van der Waals surface area contributed by atoms with Gasteiger partial charge in [0.1, 0.15) is 0 Å². The number of rotatable bonds is 4. The maximum absolute atomic E-state index is 5.49. The summed E-state index contributed by atoms with van der Waals surface area (Å²) >= 11 is 0.